The molecule has 0 heterocycles. The van der Waals surface area contributed by atoms with E-state index in [1.165, 1.54) is 25.1 Å². The van der Waals surface area contributed by atoms with Gasteiger partial charge in [-0.2, -0.15) is 0 Å². The number of carbonyl (C=O) groups is 2. The van der Waals surface area contributed by atoms with Crippen LogP contribution in [0.1, 0.15) is 22.8 Å². The van der Waals surface area contributed by atoms with E-state index in [2.05, 4.69) is 10.6 Å². The summed E-state index contributed by atoms with van der Waals surface area (Å²) in [6.07, 6.45) is 0. The summed E-state index contributed by atoms with van der Waals surface area (Å²) in [5.41, 5.74) is 1.03. The molecule has 0 fully saturated rings. The average Bonchev–Trinajstić information content (AvgIpc) is 2.61. The number of aliphatic hydroxyl groups is 1. The summed E-state index contributed by atoms with van der Waals surface area (Å²) in [7, 11) is 0. The Morgan fingerprint density at radius 1 is 1.20 bits per heavy atom. The first kappa shape index (κ1) is 18.1. The SMILES string of the molecule is CC(NC(=O)c1cccc([N+](=O)[O-])c1)C(=O)Nc1cccc(CO)c1. The predicted molar refractivity (Wildman–Crippen MR) is 91.0 cm³/mol. The number of nitro benzene ring substituents is 1. The van der Waals surface area contributed by atoms with Crippen molar-refractivity contribution in [3.8, 4) is 0 Å². The summed E-state index contributed by atoms with van der Waals surface area (Å²) in [5.74, 6) is -1.04. The van der Waals surface area contributed by atoms with E-state index in [9.17, 15) is 19.7 Å². The van der Waals surface area contributed by atoms with Crippen LogP contribution >= 0.6 is 0 Å². The number of benzene rings is 2. The first-order chi connectivity index (χ1) is 11.9. The topological polar surface area (TPSA) is 122 Å². The van der Waals surface area contributed by atoms with Crippen LogP contribution in [-0.4, -0.2) is 27.9 Å². The van der Waals surface area contributed by atoms with Crippen molar-refractivity contribution in [2.45, 2.75) is 19.6 Å². The van der Waals surface area contributed by atoms with Crippen molar-refractivity contribution < 1.29 is 19.6 Å². The molecule has 0 aliphatic carbocycles. The fourth-order valence-corrected chi connectivity index (χ4v) is 2.10. The lowest BCUT2D eigenvalue weighted by Gasteiger charge is -2.14. The number of aliphatic hydroxyl groups excluding tert-OH is 1. The second-order valence-corrected chi connectivity index (χ2v) is 5.35. The zero-order valence-corrected chi connectivity index (χ0v) is 13.4. The molecule has 0 aliphatic rings. The van der Waals surface area contributed by atoms with Gasteiger partial charge in [0.25, 0.3) is 11.6 Å². The van der Waals surface area contributed by atoms with Gasteiger partial charge in [-0.3, -0.25) is 19.7 Å². The molecule has 0 saturated carbocycles. The highest BCUT2D eigenvalue weighted by atomic mass is 16.6. The molecule has 25 heavy (non-hydrogen) atoms. The molecule has 0 bridgehead atoms. The van der Waals surface area contributed by atoms with Gasteiger partial charge in [0.1, 0.15) is 6.04 Å². The van der Waals surface area contributed by atoms with Crippen molar-refractivity contribution in [3.05, 3.63) is 69.8 Å². The largest absolute Gasteiger partial charge is 0.392 e. The molecule has 8 nitrogen and oxygen atoms in total. The van der Waals surface area contributed by atoms with E-state index in [1.54, 1.807) is 24.3 Å². The van der Waals surface area contributed by atoms with Gasteiger partial charge in [-0.15, -0.1) is 0 Å². The molecule has 0 radical (unpaired) electrons. The van der Waals surface area contributed by atoms with Crippen LogP contribution in [0, 0.1) is 10.1 Å². The Bertz CT molecular complexity index is 806. The molecule has 0 aliphatic heterocycles. The van der Waals surface area contributed by atoms with Crippen LogP contribution in [-0.2, 0) is 11.4 Å². The summed E-state index contributed by atoms with van der Waals surface area (Å²) < 4.78 is 0. The van der Waals surface area contributed by atoms with Gasteiger partial charge in [-0.1, -0.05) is 18.2 Å². The van der Waals surface area contributed by atoms with Gasteiger partial charge in [-0.25, -0.2) is 0 Å². The van der Waals surface area contributed by atoms with Crippen molar-refractivity contribution in [2.24, 2.45) is 0 Å². The Morgan fingerprint density at radius 3 is 2.60 bits per heavy atom. The number of nitro groups is 1. The smallest absolute Gasteiger partial charge is 0.270 e. The Balaban J connectivity index is 2.01. The maximum Gasteiger partial charge on any atom is 0.270 e. The van der Waals surface area contributed by atoms with E-state index in [4.69, 9.17) is 5.11 Å². The standard InChI is InChI=1S/C17H17N3O5/c1-11(16(22)19-14-6-2-4-12(8-14)10-21)18-17(23)13-5-3-7-15(9-13)20(24)25/h2-9,11,21H,10H2,1H3,(H,18,23)(H,19,22). The highest BCUT2D eigenvalue weighted by Crippen LogP contribution is 2.14. The van der Waals surface area contributed by atoms with Crippen molar-refractivity contribution in [1.29, 1.82) is 0 Å². The number of nitrogens with zero attached hydrogens (tertiary/aromatic N) is 1. The number of non-ortho nitro benzene ring substituents is 1. The summed E-state index contributed by atoms with van der Waals surface area (Å²) in [6, 6.07) is 11.1. The Labute approximate surface area is 143 Å². The maximum atomic E-state index is 12.2. The predicted octanol–water partition coefficient (Wildman–Crippen LogP) is 1.84. The number of amides is 2. The van der Waals surface area contributed by atoms with E-state index >= 15 is 0 Å². The number of anilines is 1. The zero-order chi connectivity index (χ0) is 18.4. The van der Waals surface area contributed by atoms with Gasteiger partial charge < -0.3 is 15.7 Å². The molecule has 0 aromatic heterocycles. The third-order valence-electron chi connectivity index (χ3n) is 3.44. The molecule has 2 amide bonds. The van der Waals surface area contributed by atoms with Gasteiger partial charge in [0.15, 0.2) is 0 Å². The van der Waals surface area contributed by atoms with Crippen LogP contribution in [0.15, 0.2) is 48.5 Å². The van der Waals surface area contributed by atoms with Crippen LogP contribution in [0.2, 0.25) is 0 Å². The molecule has 0 spiro atoms. The number of nitrogens with one attached hydrogen (secondary N) is 2. The lowest BCUT2D eigenvalue weighted by Crippen LogP contribution is -2.41. The van der Waals surface area contributed by atoms with Crippen molar-refractivity contribution in [2.75, 3.05) is 5.32 Å². The highest BCUT2D eigenvalue weighted by molar-refractivity contribution is 6.01. The van der Waals surface area contributed by atoms with Gasteiger partial charge >= 0.3 is 0 Å². The minimum absolute atomic E-state index is 0.0936. The van der Waals surface area contributed by atoms with E-state index in [0.717, 1.165) is 6.07 Å². The summed E-state index contributed by atoms with van der Waals surface area (Å²) >= 11 is 0. The summed E-state index contributed by atoms with van der Waals surface area (Å²) in [6.45, 7) is 1.35. The molecule has 2 aromatic carbocycles. The highest BCUT2D eigenvalue weighted by Gasteiger charge is 2.18. The van der Waals surface area contributed by atoms with Crippen molar-refractivity contribution >= 4 is 23.2 Å². The van der Waals surface area contributed by atoms with Crippen LogP contribution in [0.3, 0.4) is 0 Å². The minimum atomic E-state index is -0.857. The third-order valence-corrected chi connectivity index (χ3v) is 3.44. The summed E-state index contributed by atoms with van der Waals surface area (Å²) in [4.78, 5) is 34.5. The van der Waals surface area contributed by atoms with Crippen LogP contribution < -0.4 is 10.6 Å². The maximum absolute atomic E-state index is 12.2. The molecule has 130 valence electrons. The number of hydrogen-bond donors (Lipinski definition) is 3. The number of rotatable bonds is 6. The Morgan fingerprint density at radius 2 is 1.92 bits per heavy atom. The molecule has 8 heteroatoms. The van der Waals surface area contributed by atoms with Crippen LogP contribution in [0.5, 0.6) is 0 Å². The first-order valence-corrected chi connectivity index (χ1v) is 7.46. The molecule has 1 unspecified atom stereocenters. The molecule has 3 N–H and O–H groups in total. The molecular formula is C17H17N3O5. The third kappa shape index (κ3) is 4.85. The van der Waals surface area contributed by atoms with E-state index in [0.29, 0.717) is 11.3 Å². The Hall–Kier alpha value is -3.26. The van der Waals surface area contributed by atoms with Crippen molar-refractivity contribution in [3.63, 3.8) is 0 Å². The fraction of sp³-hybridized carbons (Fsp3) is 0.176. The molecule has 0 saturated heterocycles. The molecule has 1 atom stereocenters. The van der Waals surface area contributed by atoms with Gasteiger partial charge in [0.2, 0.25) is 5.91 Å². The van der Waals surface area contributed by atoms with E-state index < -0.39 is 22.8 Å². The van der Waals surface area contributed by atoms with Crippen LogP contribution in [0.25, 0.3) is 0 Å². The quantitative estimate of drug-likeness (QED) is 0.546. The normalized spacial score (nSPS) is 11.4. The van der Waals surface area contributed by atoms with Gasteiger partial charge in [0, 0.05) is 23.4 Å². The van der Waals surface area contributed by atoms with E-state index in [-0.39, 0.29) is 17.9 Å². The van der Waals surface area contributed by atoms with Gasteiger partial charge in [-0.05, 0) is 30.7 Å². The first-order valence-electron chi connectivity index (χ1n) is 7.46. The lowest BCUT2D eigenvalue weighted by molar-refractivity contribution is -0.384. The molecular weight excluding hydrogens is 326 g/mol. The minimum Gasteiger partial charge on any atom is -0.392 e. The van der Waals surface area contributed by atoms with Crippen LogP contribution in [0.4, 0.5) is 11.4 Å². The fourth-order valence-electron chi connectivity index (χ4n) is 2.10. The number of carbonyl (C=O) groups excluding carboxylic acids is 2. The zero-order valence-electron chi connectivity index (χ0n) is 13.4. The number of hydrogen-bond acceptors (Lipinski definition) is 5. The summed E-state index contributed by atoms with van der Waals surface area (Å²) in [5, 5.41) is 25.0. The van der Waals surface area contributed by atoms with E-state index in [1.807, 2.05) is 0 Å². The second-order valence-electron chi connectivity index (χ2n) is 5.35. The van der Waals surface area contributed by atoms with Crippen molar-refractivity contribution in [1.82, 2.24) is 5.32 Å². The monoisotopic (exact) mass is 343 g/mol. The Kier molecular flexibility index (Phi) is 5.80. The second kappa shape index (κ2) is 8.02. The molecule has 2 aromatic rings. The molecule has 2 rings (SSSR count). The average molecular weight is 343 g/mol. The lowest BCUT2D eigenvalue weighted by atomic mass is 10.1. The van der Waals surface area contributed by atoms with Gasteiger partial charge in [0.05, 0.1) is 11.5 Å².